The van der Waals surface area contributed by atoms with Crippen LogP contribution in [0.4, 0.5) is 0 Å². The van der Waals surface area contributed by atoms with Gasteiger partial charge < -0.3 is 73.2 Å². The molecule has 306 valence electrons. The highest BCUT2D eigenvalue weighted by Gasteiger charge is 2.53. The standard InChI is InChI=1S/C30H46N4O20/c1-46-26-23(42)24(43)30(54-27(26)28(44)45)53-25-21(31-3-8-35)29(47-2)51-17(22(25)41)12-50-18(38)9-34(14-49-16-37)7-5-32(13-48-15-36)4-6-33-10-19(39)52-20(40)11-33/h8,15-17,21-27,29-31,41-43H,3-7,9-14H2,1-2H3,(H,44,45). The van der Waals surface area contributed by atoms with Gasteiger partial charge in [0.15, 0.2) is 18.7 Å². The van der Waals surface area contributed by atoms with Gasteiger partial charge in [-0.25, -0.2) is 4.79 Å². The number of nitrogens with one attached hydrogen (secondary N) is 1. The topological polar surface area (TPSA) is 305 Å². The number of hydrogen-bond donors (Lipinski definition) is 5. The van der Waals surface area contributed by atoms with E-state index in [-0.39, 0.29) is 72.2 Å². The number of methoxy groups -OCH3 is 2. The first kappa shape index (κ1) is 44.6. The van der Waals surface area contributed by atoms with Crippen molar-refractivity contribution >= 4 is 43.1 Å². The zero-order valence-corrected chi connectivity index (χ0v) is 29.4. The molecule has 3 saturated heterocycles. The van der Waals surface area contributed by atoms with Gasteiger partial charge in [-0.15, -0.1) is 0 Å². The summed E-state index contributed by atoms with van der Waals surface area (Å²) < 4.78 is 46.9. The number of carboxylic acids is 1. The van der Waals surface area contributed by atoms with Crippen LogP contribution >= 0.6 is 0 Å². The van der Waals surface area contributed by atoms with Gasteiger partial charge in [0.2, 0.25) is 0 Å². The number of nitrogens with zero attached hydrogens (tertiary/aromatic N) is 3. The van der Waals surface area contributed by atoms with E-state index in [0.29, 0.717) is 6.29 Å². The molecule has 54 heavy (non-hydrogen) atoms. The van der Waals surface area contributed by atoms with Gasteiger partial charge >= 0.3 is 23.9 Å². The Morgan fingerprint density at radius 1 is 0.870 bits per heavy atom. The van der Waals surface area contributed by atoms with E-state index in [9.17, 15) is 54.0 Å². The SMILES string of the molecule is COC1OC(COC(=O)CN(CCN(CCN2CC(=O)OC(=O)C2)COC=O)COC=O)C(O)C(OC2OC(C(=O)O)C(OC)C(O)C2O)C1NCC=O. The molecule has 0 radical (unpaired) electrons. The number of aliphatic carboxylic acids is 1. The molecule has 5 N–H and O–H groups in total. The van der Waals surface area contributed by atoms with Gasteiger partial charge in [-0.3, -0.25) is 38.7 Å². The van der Waals surface area contributed by atoms with E-state index in [1.807, 2.05) is 0 Å². The van der Waals surface area contributed by atoms with E-state index < -0.39 is 98.4 Å². The summed E-state index contributed by atoms with van der Waals surface area (Å²) in [6, 6.07) is -1.15. The van der Waals surface area contributed by atoms with E-state index in [1.54, 1.807) is 4.90 Å². The molecule has 3 aliphatic heterocycles. The van der Waals surface area contributed by atoms with Gasteiger partial charge in [-0.05, 0) is 0 Å². The summed E-state index contributed by atoms with van der Waals surface area (Å²) in [7, 11) is 2.33. The fourth-order valence-corrected chi connectivity index (χ4v) is 5.83. The number of cyclic esters (lactones) is 2. The van der Waals surface area contributed by atoms with Crippen LogP contribution in [0, 0.1) is 0 Å². The third kappa shape index (κ3) is 12.9. The van der Waals surface area contributed by atoms with Crippen LogP contribution < -0.4 is 5.32 Å². The average Bonchev–Trinajstić information content (AvgIpc) is 3.14. The van der Waals surface area contributed by atoms with E-state index in [4.69, 9.17) is 37.9 Å². The number of carbonyl (C=O) groups excluding carboxylic acids is 6. The average molecular weight is 783 g/mol. The normalized spacial score (nSPS) is 30.4. The first-order valence-electron chi connectivity index (χ1n) is 16.5. The Morgan fingerprint density at radius 3 is 2.11 bits per heavy atom. The molecule has 0 aromatic rings. The molecular weight excluding hydrogens is 736 g/mol. The van der Waals surface area contributed by atoms with Crippen LogP contribution in [-0.2, 0) is 76.2 Å². The van der Waals surface area contributed by atoms with Crippen molar-refractivity contribution < 1.29 is 96.6 Å². The summed E-state index contributed by atoms with van der Waals surface area (Å²) in [5.74, 6) is -3.82. The van der Waals surface area contributed by atoms with Gasteiger partial charge in [0.1, 0.15) is 63.0 Å². The third-order valence-corrected chi connectivity index (χ3v) is 8.50. The molecule has 0 bridgehead atoms. The molecule has 3 fully saturated rings. The molecule has 24 nitrogen and oxygen atoms in total. The fourth-order valence-electron chi connectivity index (χ4n) is 5.83. The summed E-state index contributed by atoms with van der Waals surface area (Å²) in [6.07, 6.45) is -14.1. The quantitative estimate of drug-likeness (QED) is 0.0200. The lowest BCUT2D eigenvalue weighted by molar-refractivity contribution is -0.340. The molecule has 0 saturated carbocycles. The molecule has 3 rings (SSSR count). The molecule has 0 aliphatic carbocycles. The molecule has 0 aromatic carbocycles. The van der Waals surface area contributed by atoms with Crippen molar-refractivity contribution in [3.63, 3.8) is 0 Å². The summed E-state index contributed by atoms with van der Waals surface area (Å²) in [5.41, 5.74) is 0. The van der Waals surface area contributed by atoms with Crippen LogP contribution in [0.15, 0.2) is 0 Å². The number of hydrogen-bond acceptors (Lipinski definition) is 23. The van der Waals surface area contributed by atoms with Crippen LogP contribution in [0.1, 0.15) is 0 Å². The van der Waals surface area contributed by atoms with Crippen molar-refractivity contribution in [2.75, 3.05) is 86.6 Å². The van der Waals surface area contributed by atoms with Gasteiger partial charge in [0.05, 0.1) is 32.2 Å². The smallest absolute Gasteiger partial charge is 0.335 e. The van der Waals surface area contributed by atoms with Crippen molar-refractivity contribution in [3.8, 4) is 0 Å². The highest BCUT2D eigenvalue weighted by Crippen LogP contribution is 2.30. The molecule has 0 spiro atoms. The molecule has 0 amide bonds. The molecule has 0 aromatic heterocycles. The molecule has 3 aliphatic rings. The van der Waals surface area contributed by atoms with Crippen LogP contribution in [0.25, 0.3) is 0 Å². The predicted molar refractivity (Wildman–Crippen MR) is 169 cm³/mol. The zero-order valence-electron chi connectivity index (χ0n) is 29.4. The van der Waals surface area contributed by atoms with Crippen molar-refractivity contribution in [2.45, 2.75) is 61.3 Å². The summed E-state index contributed by atoms with van der Waals surface area (Å²) >= 11 is 0. The van der Waals surface area contributed by atoms with E-state index in [1.165, 1.54) is 16.9 Å². The maximum absolute atomic E-state index is 13.0. The summed E-state index contributed by atoms with van der Waals surface area (Å²) in [5, 5.41) is 44.9. The first-order valence-corrected chi connectivity index (χ1v) is 16.5. The molecule has 10 unspecified atom stereocenters. The largest absolute Gasteiger partial charge is 0.479 e. The van der Waals surface area contributed by atoms with Gasteiger partial charge in [-0.1, -0.05) is 0 Å². The van der Waals surface area contributed by atoms with Crippen molar-refractivity contribution in [1.82, 2.24) is 20.0 Å². The Kier molecular flexibility index (Phi) is 18.6. The number of aliphatic hydroxyl groups is 3. The van der Waals surface area contributed by atoms with Crippen molar-refractivity contribution in [1.29, 1.82) is 0 Å². The number of carboxylic acid groups (broad SMARTS) is 1. The number of esters is 3. The van der Waals surface area contributed by atoms with Gasteiger partial charge in [-0.2, -0.15) is 0 Å². The second-order valence-corrected chi connectivity index (χ2v) is 12.1. The molecule has 3 heterocycles. The number of rotatable bonds is 24. The Balaban J connectivity index is 1.66. The Morgan fingerprint density at radius 2 is 1.52 bits per heavy atom. The summed E-state index contributed by atoms with van der Waals surface area (Å²) in [6.45, 7) is -1.13. The lowest BCUT2D eigenvalue weighted by Gasteiger charge is -2.47. The van der Waals surface area contributed by atoms with E-state index in [2.05, 4.69) is 10.1 Å². The van der Waals surface area contributed by atoms with Crippen molar-refractivity contribution in [2.24, 2.45) is 0 Å². The minimum atomic E-state index is -1.86. The van der Waals surface area contributed by atoms with Crippen molar-refractivity contribution in [3.05, 3.63) is 0 Å². The molecule has 24 heteroatoms. The molecular formula is C30H46N4O20. The first-order chi connectivity index (χ1) is 25.9. The highest BCUT2D eigenvalue weighted by molar-refractivity contribution is 5.90. The Bertz CT molecular complexity index is 1250. The minimum Gasteiger partial charge on any atom is -0.479 e. The maximum atomic E-state index is 13.0. The lowest BCUT2D eigenvalue weighted by atomic mass is 9.95. The maximum Gasteiger partial charge on any atom is 0.335 e. The van der Waals surface area contributed by atoms with Crippen LogP contribution in [0.2, 0.25) is 0 Å². The second kappa shape index (κ2) is 22.6. The zero-order chi connectivity index (χ0) is 39.8. The van der Waals surface area contributed by atoms with Crippen LogP contribution in [-0.4, -0.2) is 226 Å². The van der Waals surface area contributed by atoms with Gasteiger partial charge in [0.25, 0.3) is 12.9 Å². The van der Waals surface area contributed by atoms with Crippen LogP contribution in [0.3, 0.4) is 0 Å². The highest BCUT2D eigenvalue weighted by atomic mass is 16.7. The number of carbonyl (C=O) groups is 7. The number of ether oxygens (including phenoxy) is 9. The number of aliphatic hydroxyl groups excluding tert-OH is 3. The molecule has 10 atom stereocenters. The van der Waals surface area contributed by atoms with Crippen LogP contribution in [0.5, 0.6) is 0 Å². The Labute approximate surface area is 307 Å². The number of aldehydes is 1. The summed E-state index contributed by atoms with van der Waals surface area (Å²) in [4.78, 5) is 85.5. The number of morpholine rings is 1. The Hall–Kier alpha value is -3.79. The third-order valence-electron chi connectivity index (χ3n) is 8.50. The van der Waals surface area contributed by atoms with Gasteiger partial charge in [0, 0.05) is 40.4 Å². The minimum absolute atomic E-state index is 0.0528. The lowest BCUT2D eigenvalue weighted by Crippen LogP contribution is -2.68. The fraction of sp³-hybridized carbons (Fsp3) is 0.767. The monoisotopic (exact) mass is 782 g/mol. The second-order valence-electron chi connectivity index (χ2n) is 12.1. The van der Waals surface area contributed by atoms with E-state index in [0.717, 1.165) is 7.11 Å². The van der Waals surface area contributed by atoms with E-state index >= 15 is 0 Å². The predicted octanol–water partition coefficient (Wildman–Crippen LogP) is -6.40.